The summed E-state index contributed by atoms with van der Waals surface area (Å²) in [5.74, 6) is -1.30. The van der Waals surface area contributed by atoms with Crippen LogP contribution in [0.5, 0.6) is 11.5 Å². The first-order chi connectivity index (χ1) is 18.1. The largest absolute Gasteiger partial charge is 0.450 e. The van der Waals surface area contributed by atoms with Gasteiger partial charge in [-0.25, -0.2) is 0 Å². The van der Waals surface area contributed by atoms with Gasteiger partial charge in [-0.15, -0.1) is 0 Å². The maximum Gasteiger partial charge on any atom is 0.318 e. The number of hydrogen-bond donors (Lipinski definition) is 1. The molecule has 0 atom stereocenters. The molecule has 3 aromatic rings. The van der Waals surface area contributed by atoms with Gasteiger partial charge in [0.25, 0.3) is 16.8 Å². The molecule has 1 heterocycles. The molecular weight excluding hydrogens is 540 g/mol. The van der Waals surface area contributed by atoms with Gasteiger partial charge >= 0.3 is 5.69 Å². The molecule has 38 heavy (non-hydrogen) atoms. The highest BCUT2D eigenvalue weighted by molar-refractivity contribution is 8.18. The Hall–Kier alpha value is -4.75. The zero-order chi connectivity index (χ0) is 27.4. The number of non-ortho nitro benzene ring substituents is 1. The number of nitrogens with zero attached hydrogens (tertiary/aromatic N) is 3. The van der Waals surface area contributed by atoms with Crippen molar-refractivity contribution in [3.63, 3.8) is 0 Å². The standard InChI is InChI=1S/C24H15ClN4O8S/c25-15-4-6-16(7-5-15)26-22(30)13-27-23(31)21(38-24(27)32)11-14-2-1-3-18(10-14)37-20-9-8-17(28(33)34)12-19(20)29(35)36/h1-12H,13H2,(H,26,30)/b21-11+. The van der Waals surface area contributed by atoms with Crippen molar-refractivity contribution < 1.29 is 29.0 Å². The predicted molar refractivity (Wildman–Crippen MR) is 139 cm³/mol. The topological polar surface area (TPSA) is 162 Å². The first kappa shape index (κ1) is 26.3. The van der Waals surface area contributed by atoms with E-state index in [1.807, 2.05) is 0 Å². The lowest BCUT2D eigenvalue weighted by Crippen LogP contribution is -2.36. The van der Waals surface area contributed by atoms with Crippen molar-refractivity contribution in [1.29, 1.82) is 0 Å². The first-order valence-corrected chi connectivity index (χ1v) is 11.8. The molecule has 0 aliphatic carbocycles. The minimum Gasteiger partial charge on any atom is -0.450 e. The summed E-state index contributed by atoms with van der Waals surface area (Å²) in [6.07, 6.45) is 1.42. The SMILES string of the molecule is O=C(CN1C(=O)S/C(=C/c2cccc(Oc3ccc([N+](=O)[O-])cc3[N+](=O)[O-])c2)C1=O)Nc1ccc(Cl)cc1. The number of benzene rings is 3. The van der Waals surface area contributed by atoms with E-state index in [2.05, 4.69) is 5.32 Å². The van der Waals surface area contributed by atoms with E-state index in [0.717, 1.165) is 23.1 Å². The molecule has 192 valence electrons. The second-order valence-electron chi connectivity index (χ2n) is 7.66. The van der Waals surface area contributed by atoms with Crippen molar-refractivity contribution in [2.45, 2.75) is 0 Å². The van der Waals surface area contributed by atoms with Crippen molar-refractivity contribution in [3.8, 4) is 11.5 Å². The lowest BCUT2D eigenvalue weighted by atomic mass is 10.2. The smallest absolute Gasteiger partial charge is 0.318 e. The van der Waals surface area contributed by atoms with Gasteiger partial charge < -0.3 is 10.1 Å². The Balaban J connectivity index is 1.48. The summed E-state index contributed by atoms with van der Waals surface area (Å²) in [6.45, 7) is -0.488. The number of anilines is 1. The van der Waals surface area contributed by atoms with Crippen LogP contribution in [-0.2, 0) is 9.59 Å². The highest BCUT2D eigenvalue weighted by atomic mass is 35.5. The van der Waals surface area contributed by atoms with E-state index in [1.54, 1.807) is 36.4 Å². The number of halogens is 1. The van der Waals surface area contributed by atoms with E-state index in [0.29, 0.717) is 28.0 Å². The van der Waals surface area contributed by atoms with Crippen molar-refractivity contribution >= 4 is 63.6 Å². The Kier molecular flexibility index (Phi) is 7.69. The molecule has 0 bridgehead atoms. The van der Waals surface area contributed by atoms with Gasteiger partial charge in [-0.3, -0.25) is 39.5 Å². The van der Waals surface area contributed by atoms with Gasteiger partial charge in [0, 0.05) is 16.8 Å². The van der Waals surface area contributed by atoms with Crippen molar-refractivity contribution in [2.75, 3.05) is 11.9 Å². The summed E-state index contributed by atoms with van der Waals surface area (Å²) in [5.41, 5.74) is -0.173. The molecule has 1 N–H and O–H groups in total. The van der Waals surface area contributed by atoms with E-state index in [1.165, 1.54) is 18.2 Å². The van der Waals surface area contributed by atoms with Crippen LogP contribution in [0.15, 0.2) is 71.6 Å². The fraction of sp³-hybridized carbons (Fsp3) is 0.0417. The minimum absolute atomic E-state index is 0.0627. The van der Waals surface area contributed by atoms with Crippen LogP contribution in [0.25, 0.3) is 6.08 Å². The molecular formula is C24H15ClN4O8S. The predicted octanol–water partition coefficient (Wildman–Crippen LogP) is 5.62. The highest BCUT2D eigenvalue weighted by Gasteiger charge is 2.36. The van der Waals surface area contributed by atoms with Gasteiger partial charge in [0.2, 0.25) is 11.7 Å². The Morgan fingerprint density at radius 2 is 1.76 bits per heavy atom. The van der Waals surface area contributed by atoms with E-state index in [-0.39, 0.29) is 16.4 Å². The van der Waals surface area contributed by atoms with Gasteiger partial charge in [0.15, 0.2) is 0 Å². The number of ether oxygens (including phenoxy) is 1. The number of carbonyl (C=O) groups excluding carboxylic acids is 3. The third-order valence-corrected chi connectivity index (χ3v) is 6.20. The molecule has 1 aliphatic rings. The van der Waals surface area contributed by atoms with Crippen LogP contribution in [0.4, 0.5) is 21.9 Å². The van der Waals surface area contributed by atoms with Crippen LogP contribution in [-0.4, -0.2) is 38.3 Å². The number of nitro benzene ring substituents is 2. The lowest BCUT2D eigenvalue weighted by molar-refractivity contribution is -0.394. The Bertz CT molecular complexity index is 1510. The maximum atomic E-state index is 12.8. The van der Waals surface area contributed by atoms with Crippen LogP contribution >= 0.6 is 23.4 Å². The summed E-state index contributed by atoms with van der Waals surface area (Å²) in [7, 11) is 0. The Morgan fingerprint density at radius 1 is 1.03 bits per heavy atom. The number of imide groups is 1. The lowest BCUT2D eigenvalue weighted by Gasteiger charge is -2.12. The van der Waals surface area contributed by atoms with Crippen LogP contribution in [0, 0.1) is 20.2 Å². The molecule has 1 fully saturated rings. The molecule has 0 spiro atoms. The molecule has 1 saturated heterocycles. The number of nitro groups is 2. The molecule has 0 saturated carbocycles. The third-order valence-electron chi connectivity index (χ3n) is 5.04. The van der Waals surface area contributed by atoms with Gasteiger partial charge in [-0.1, -0.05) is 23.7 Å². The van der Waals surface area contributed by atoms with E-state index < -0.39 is 44.8 Å². The van der Waals surface area contributed by atoms with Gasteiger partial charge in [-0.05, 0) is 65.9 Å². The summed E-state index contributed by atoms with van der Waals surface area (Å²) < 4.78 is 5.57. The maximum absolute atomic E-state index is 12.8. The van der Waals surface area contributed by atoms with Crippen LogP contribution < -0.4 is 10.1 Å². The number of rotatable bonds is 8. The Labute approximate surface area is 223 Å². The molecule has 1 aliphatic heterocycles. The number of thioether (sulfide) groups is 1. The third kappa shape index (κ3) is 6.14. The average molecular weight is 555 g/mol. The average Bonchev–Trinajstić information content (AvgIpc) is 3.12. The van der Waals surface area contributed by atoms with E-state index in [4.69, 9.17) is 16.3 Å². The van der Waals surface area contributed by atoms with Crippen molar-refractivity contribution in [2.24, 2.45) is 0 Å². The van der Waals surface area contributed by atoms with Gasteiger partial charge in [0.05, 0.1) is 20.8 Å². The second kappa shape index (κ2) is 11.1. The zero-order valence-corrected chi connectivity index (χ0v) is 20.6. The molecule has 0 unspecified atom stereocenters. The monoisotopic (exact) mass is 554 g/mol. The van der Waals surface area contributed by atoms with Crippen molar-refractivity contribution in [1.82, 2.24) is 4.90 Å². The zero-order valence-electron chi connectivity index (χ0n) is 19.0. The van der Waals surface area contributed by atoms with E-state index >= 15 is 0 Å². The summed E-state index contributed by atoms with van der Waals surface area (Å²) >= 11 is 6.47. The quantitative estimate of drug-likeness (QED) is 0.211. The normalized spacial score (nSPS) is 14.0. The molecule has 12 nitrogen and oxygen atoms in total. The molecule has 0 aromatic heterocycles. The summed E-state index contributed by atoms with van der Waals surface area (Å²) in [5, 5.41) is 24.7. The molecule has 3 aromatic carbocycles. The summed E-state index contributed by atoms with van der Waals surface area (Å²) in [6, 6.07) is 15.4. The highest BCUT2D eigenvalue weighted by Crippen LogP contribution is 2.36. The van der Waals surface area contributed by atoms with Crippen LogP contribution in [0.2, 0.25) is 5.02 Å². The fourth-order valence-corrected chi connectivity index (χ4v) is 4.27. The molecule has 4 rings (SSSR count). The number of hydrogen-bond acceptors (Lipinski definition) is 9. The molecule has 14 heteroatoms. The van der Waals surface area contributed by atoms with Crippen LogP contribution in [0.3, 0.4) is 0 Å². The van der Waals surface area contributed by atoms with E-state index in [9.17, 15) is 34.6 Å². The Morgan fingerprint density at radius 3 is 2.45 bits per heavy atom. The van der Waals surface area contributed by atoms with Gasteiger partial charge in [0.1, 0.15) is 12.3 Å². The van der Waals surface area contributed by atoms with Gasteiger partial charge in [-0.2, -0.15) is 0 Å². The van der Waals surface area contributed by atoms with Crippen LogP contribution in [0.1, 0.15) is 5.56 Å². The first-order valence-electron chi connectivity index (χ1n) is 10.6. The minimum atomic E-state index is -0.800. The number of amides is 3. The number of carbonyl (C=O) groups is 3. The fourth-order valence-electron chi connectivity index (χ4n) is 3.31. The second-order valence-corrected chi connectivity index (χ2v) is 9.09. The van der Waals surface area contributed by atoms with Crippen molar-refractivity contribution in [3.05, 3.63) is 102 Å². The number of nitrogens with one attached hydrogen (secondary N) is 1. The molecule has 3 amide bonds. The summed E-state index contributed by atoms with van der Waals surface area (Å²) in [4.78, 5) is 59.1. The molecule has 0 radical (unpaired) electrons.